The highest BCUT2D eigenvalue weighted by Gasteiger charge is 2.26. The van der Waals surface area contributed by atoms with Crippen LogP contribution in [0.4, 0.5) is 0 Å². The molecule has 2 nitrogen and oxygen atoms in total. The molecule has 0 saturated carbocycles. The van der Waals surface area contributed by atoms with E-state index in [0.717, 1.165) is 30.7 Å². The largest absolute Gasteiger partial charge is 0.492 e. The van der Waals surface area contributed by atoms with Crippen LogP contribution in [-0.2, 0) is 0 Å². The minimum absolute atomic E-state index is 0.269. The van der Waals surface area contributed by atoms with Gasteiger partial charge in [0.2, 0.25) is 0 Å². The van der Waals surface area contributed by atoms with Crippen molar-refractivity contribution in [3.05, 3.63) is 27.7 Å². The molecular weight excluding hydrogens is 281 g/mol. The van der Waals surface area contributed by atoms with Crippen LogP contribution in [0.25, 0.3) is 0 Å². The van der Waals surface area contributed by atoms with Crippen molar-refractivity contribution < 1.29 is 4.74 Å². The third kappa shape index (κ3) is 3.56. The standard InChI is InChI=1S/C15H21Cl2NO/c1-4-15(2,3)9-18-13-5-6-19-14-11(13)7-10(16)8-12(14)17/h7-8,13,18H,4-6,9H2,1-3H3. The molecule has 19 heavy (non-hydrogen) atoms. The average Bonchev–Trinajstić information content (AvgIpc) is 2.36. The molecular formula is C15H21Cl2NO. The van der Waals surface area contributed by atoms with Crippen molar-refractivity contribution in [2.75, 3.05) is 13.2 Å². The molecule has 0 radical (unpaired) electrons. The maximum absolute atomic E-state index is 6.19. The van der Waals surface area contributed by atoms with Crippen molar-refractivity contribution in [2.24, 2.45) is 5.41 Å². The van der Waals surface area contributed by atoms with Gasteiger partial charge in [0.05, 0.1) is 11.6 Å². The van der Waals surface area contributed by atoms with E-state index in [4.69, 9.17) is 27.9 Å². The normalized spacial score (nSPS) is 18.9. The maximum atomic E-state index is 6.19. The summed E-state index contributed by atoms with van der Waals surface area (Å²) in [5, 5.41) is 4.89. The fourth-order valence-electron chi connectivity index (χ4n) is 2.16. The second-order valence-corrected chi connectivity index (χ2v) is 6.74. The summed E-state index contributed by atoms with van der Waals surface area (Å²) in [6, 6.07) is 3.96. The number of rotatable bonds is 4. The summed E-state index contributed by atoms with van der Waals surface area (Å²) in [4.78, 5) is 0. The van der Waals surface area contributed by atoms with Crippen molar-refractivity contribution in [2.45, 2.75) is 39.7 Å². The van der Waals surface area contributed by atoms with Gasteiger partial charge in [-0.05, 0) is 24.0 Å². The molecule has 1 atom stereocenters. The summed E-state index contributed by atoms with van der Waals surface area (Å²) < 4.78 is 5.67. The molecule has 0 aliphatic carbocycles. The van der Waals surface area contributed by atoms with Gasteiger partial charge in [0.1, 0.15) is 5.75 Å². The predicted octanol–water partition coefficient (Wildman–Crippen LogP) is 4.84. The van der Waals surface area contributed by atoms with Crippen LogP contribution in [0, 0.1) is 5.41 Å². The van der Waals surface area contributed by atoms with Crippen LogP contribution in [0.1, 0.15) is 45.2 Å². The Morgan fingerprint density at radius 2 is 2.11 bits per heavy atom. The molecule has 1 unspecified atom stereocenters. The quantitative estimate of drug-likeness (QED) is 0.859. The number of hydrogen-bond donors (Lipinski definition) is 1. The van der Waals surface area contributed by atoms with E-state index in [1.807, 2.05) is 6.07 Å². The minimum Gasteiger partial charge on any atom is -0.492 e. The van der Waals surface area contributed by atoms with E-state index in [2.05, 4.69) is 26.1 Å². The molecule has 0 amide bonds. The van der Waals surface area contributed by atoms with E-state index in [1.54, 1.807) is 6.07 Å². The van der Waals surface area contributed by atoms with Crippen molar-refractivity contribution in [3.8, 4) is 5.75 Å². The van der Waals surface area contributed by atoms with Gasteiger partial charge in [-0.25, -0.2) is 0 Å². The third-order valence-electron chi connectivity index (χ3n) is 3.85. The maximum Gasteiger partial charge on any atom is 0.142 e. The lowest BCUT2D eigenvalue weighted by atomic mass is 9.89. The number of hydrogen-bond acceptors (Lipinski definition) is 2. The Hall–Kier alpha value is -0.440. The van der Waals surface area contributed by atoms with Crippen LogP contribution in [0.3, 0.4) is 0 Å². The third-order valence-corrected chi connectivity index (χ3v) is 4.35. The van der Waals surface area contributed by atoms with E-state index in [-0.39, 0.29) is 6.04 Å². The summed E-state index contributed by atoms with van der Waals surface area (Å²) in [7, 11) is 0. The lowest BCUT2D eigenvalue weighted by Crippen LogP contribution is -2.34. The topological polar surface area (TPSA) is 21.3 Å². The number of benzene rings is 1. The van der Waals surface area contributed by atoms with Crippen LogP contribution in [-0.4, -0.2) is 13.2 Å². The zero-order valence-corrected chi connectivity index (χ0v) is 13.2. The van der Waals surface area contributed by atoms with Crippen LogP contribution in [0.2, 0.25) is 10.0 Å². The molecule has 0 bridgehead atoms. The Labute approximate surface area is 125 Å². The predicted molar refractivity (Wildman–Crippen MR) is 81.4 cm³/mol. The molecule has 1 aromatic carbocycles. The van der Waals surface area contributed by atoms with Crippen molar-refractivity contribution in [1.29, 1.82) is 0 Å². The number of fused-ring (bicyclic) bond motifs is 1. The number of ether oxygens (including phenoxy) is 1. The van der Waals surface area contributed by atoms with Gasteiger partial charge in [-0.1, -0.05) is 44.0 Å². The lowest BCUT2D eigenvalue weighted by molar-refractivity contribution is 0.234. The first-order valence-corrected chi connectivity index (χ1v) is 7.53. The average molecular weight is 302 g/mol. The number of nitrogens with one attached hydrogen (secondary N) is 1. The first kappa shape index (κ1) is 15.0. The fraction of sp³-hybridized carbons (Fsp3) is 0.600. The van der Waals surface area contributed by atoms with Crippen LogP contribution >= 0.6 is 23.2 Å². The lowest BCUT2D eigenvalue weighted by Gasteiger charge is -2.31. The first-order chi connectivity index (χ1) is 8.93. The van der Waals surface area contributed by atoms with Crippen LogP contribution in [0.5, 0.6) is 5.75 Å². The highest BCUT2D eigenvalue weighted by atomic mass is 35.5. The van der Waals surface area contributed by atoms with Gasteiger partial charge < -0.3 is 10.1 Å². The molecule has 0 spiro atoms. The Morgan fingerprint density at radius 1 is 1.37 bits per heavy atom. The van der Waals surface area contributed by atoms with Gasteiger partial charge in [-0.2, -0.15) is 0 Å². The van der Waals surface area contributed by atoms with Crippen LogP contribution in [0.15, 0.2) is 12.1 Å². The molecule has 106 valence electrons. The van der Waals surface area contributed by atoms with Gasteiger partial charge in [0.15, 0.2) is 0 Å². The van der Waals surface area contributed by atoms with Crippen molar-refractivity contribution in [1.82, 2.24) is 5.32 Å². The van der Waals surface area contributed by atoms with Gasteiger partial charge in [0, 0.05) is 29.6 Å². The monoisotopic (exact) mass is 301 g/mol. The Morgan fingerprint density at radius 3 is 2.79 bits per heavy atom. The van der Waals surface area contributed by atoms with Gasteiger partial charge in [0.25, 0.3) is 0 Å². The fourth-order valence-corrected chi connectivity index (χ4v) is 2.73. The summed E-state index contributed by atoms with van der Waals surface area (Å²) >= 11 is 12.3. The van der Waals surface area contributed by atoms with Crippen molar-refractivity contribution in [3.63, 3.8) is 0 Å². The molecule has 0 fully saturated rings. The minimum atomic E-state index is 0.269. The zero-order valence-electron chi connectivity index (χ0n) is 11.7. The molecule has 1 aliphatic rings. The van der Waals surface area contributed by atoms with Gasteiger partial charge >= 0.3 is 0 Å². The summed E-state index contributed by atoms with van der Waals surface area (Å²) in [6.45, 7) is 8.42. The summed E-state index contributed by atoms with van der Waals surface area (Å²) in [5.41, 5.74) is 1.37. The van der Waals surface area contributed by atoms with Gasteiger partial charge in [-0.3, -0.25) is 0 Å². The zero-order chi connectivity index (χ0) is 14.0. The Kier molecular flexibility index (Phi) is 4.65. The number of halogens is 2. The van der Waals surface area contributed by atoms with Crippen molar-refractivity contribution >= 4 is 23.2 Å². The highest BCUT2D eigenvalue weighted by Crippen LogP contribution is 2.40. The smallest absolute Gasteiger partial charge is 0.142 e. The van der Waals surface area contributed by atoms with Gasteiger partial charge in [-0.15, -0.1) is 0 Å². The van der Waals surface area contributed by atoms with E-state index in [0.29, 0.717) is 22.1 Å². The first-order valence-electron chi connectivity index (χ1n) is 6.78. The molecule has 1 N–H and O–H groups in total. The highest BCUT2D eigenvalue weighted by molar-refractivity contribution is 6.35. The molecule has 1 aliphatic heterocycles. The van der Waals surface area contributed by atoms with Crippen LogP contribution < -0.4 is 10.1 Å². The molecule has 2 rings (SSSR count). The second-order valence-electron chi connectivity index (χ2n) is 5.89. The molecule has 1 heterocycles. The van der Waals surface area contributed by atoms with E-state index >= 15 is 0 Å². The molecule has 0 saturated heterocycles. The SMILES string of the molecule is CCC(C)(C)CNC1CCOc2c(Cl)cc(Cl)cc21. The summed E-state index contributed by atoms with van der Waals surface area (Å²) in [5.74, 6) is 0.782. The van der Waals surface area contributed by atoms with E-state index in [1.165, 1.54) is 0 Å². The second kappa shape index (κ2) is 5.90. The molecule has 1 aromatic rings. The molecule has 4 heteroatoms. The van der Waals surface area contributed by atoms with E-state index in [9.17, 15) is 0 Å². The Bertz CT molecular complexity index is 460. The summed E-state index contributed by atoms with van der Waals surface area (Å²) in [6.07, 6.45) is 2.09. The molecule has 0 aromatic heterocycles. The van der Waals surface area contributed by atoms with E-state index < -0.39 is 0 Å². The Balaban J connectivity index is 2.18.